The molecule has 4 aromatic rings. The van der Waals surface area contributed by atoms with Gasteiger partial charge in [0.2, 0.25) is 11.5 Å². The van der Waals surface area contributed by atoms with Gasteiger partial charge in [-0.3, -0.25) is 24.2 Å². The number of nitrogen functional groups attached to an aromatic ring is 1. The van der Waals surface area contributed by atoms with Crippen molar-refractivity contribution >= 4 is 74.3 Å². The lowest BCUT2D eigenvalue weighted by Crippen LogP contribution is -2.62. The summed E-state index contributed by atoms with van der Waals surface area (Å²) in [4.78, 5) is 66.5. The van der Waals surface area contributed by atoms with Crippen LogP contribution in [0.5, 0.6) is 0 Å². The number of fused-ring (bicyclic) bond motifs is 2. The summed E-state index contributed by atoms with van der Waals surface area (Å²) >= 11 is 2.43. The quantitative estimate of drug-likeness (QED) is 0.0472. The number of pyridine rings is 1. The number of benzene rings is 1. The van der Waals surface area contributed by atoms with Crippen LogP contribution in [0.15, 0.2) is 75.7 Å². The van der Waals surface area contributed by atoms with Crippen LogP contribution in [0.2, 0.25) is 0 Å². The molecule has 16 nitrogen and oxygen atoms in total. The lowest BCUT2D eigenvalue weighted by atomic mass is 9.89. The predicted octanol–water partition coefficient (Wildman–Crippen LogP) is 3.56. The molecular weight excluding hydrogens is 759 g/mol. The molecular formula is C38H42N9O7S2+. The summed E-state index contributed by atoms with van der Waals surface area (Å²) in [5, 5.41) is 30.1. The number of thioether (sulfide) groups is 1. The zero-order valence-corrected chi connectivity index (χ0v) is 32.5. The molecule has 292 valence electrons. The van der Waals surface area contributed by atoms with Gasteiger partial charge in [0.25, 0.3) is 0 Å². The number of Topliss-reactive ketones (excluding diaryl/α,β-unsaturated/α-hetero) is 1. The fourth-order valence-electron chi connectivity index (χ4n) is 7.03. The Balaban J connectivity index is 1.03. The fraction of sp³-hybridized carbons (Fsp3) is 0.395. The van der Waals surface area contributed by atoms with E-state index in [1.54, 1.807) is 6.20 Å². The number of aliphatic imine (C=N–C) groups is 1. The van der Waals surface area contributed by atoms with Gasteiger partial charge in [0.05, 0.1) is 41.0 Å². The van der Waals surface area contributed by atoms with Gasteiger partial charge in [0.15, 0.2) is 35.6 Å². The van der Waals surface area contributed by atoms with Gasteiger partial charge in [0.1, 0.15) is 17.2 Å². The van der Waals surface area contributed by atoms with Crippen molar-refractivity contribution in [2.24, 2.45) is 21.8 Å². The van der Waals surface area contributed by atoms with E-state index in [4.69, 9.17) is 21.3 Å². The number of nitrogens with zero attached hydrogens (tertiary/aromatic N) is 7. The summed E-state index contributed by atoms with van der Waals surface area (Å²) in [7, 11) is 0. The van der Waals surface area contributed by atoms with Crippen molar-refractivity contribution in [2.45, 2.75) is 82.5 Å². The number of oxime groups is 1. The highest BCUT2D eigenvalue weighted by Gasteiger charge is 2.54. The van der Waals surface area contributed by atoms with Crippen molar-refractivity contribution in [3.63, 3.8) is 0 Å². The van der Waals surface area contributed by atoms with E-state index in [9.17, 15) is 29.4 Å². The Hall–Kier alpha value is -5.62. The van der Waals surface area contributed by atoms with Crippen LogP contribution in [0.1, 0.15) is 69.2 Å². The number of aliphatic carboxylic acids is 2. The smallest absolute Gasteiger partial charge is 0.352 e. The molecule has 3 aliphatic rings. The molecule has 56 heavy (non-hydrogen) atoms. The summed E-state index contributed by atoms with van der Waals surface area (Å²) in [5.74, 6) is -3.62. The minimum Gasteiger partial charge on any atom is -0.478 e. The minimum absolute atomic E-state index is 0.0847. The molecule has 0 radical (unpaired) electrons. The number of aromatic nitrogens is 4. The van der Waals surface area contributed by atoms with Crippen LogP contribution < -0.4 is 16.0 Å². The molecule has 2 fully saturated rings. The zero-order chi connectivity index (χ0) is 39.7. The van der Waals surface area contributed by atoms with Crippen LogP contribution in [-0.2, 0) is 37.1 Å². The van der Waals surface area contributed by atoms with Crippen LogP contribution in [0.4, 0.5) is 5.13 Å². The average Bonchev–Trinajstić information content (AvgIpc) is 3.79. The van der Waals surface area contributed by atoms with E-state index < -0.39 is 40.5 Å². The lowest BCUT2D eigenvalue weighted by molar-refractivity contribution is -0.687. The number of carbonyl (C=O) groups excluding carboxylic acids is 2. The van der Waals surface area contributed by atoms with Gasteiger partial charge < -0.3 is 26.5 Å². The first kappa shape index (κ1) is 38.6. The molecule has 2 aliphatic heterocycles. The highest BCUT2D eigenvalue weighted by atomic mass is 32.2. The van der Waals surface area contributed by atoms with E-state index in [1.807, 2.05) is 52.0 Å². The molecule has 1 saturated carbocycles. The number of carboxylic acid groups (broad SMARTS) is 2. The van der Waals surface area contributed by atoms with Gasteiger partial charge in [-0.05, 0) is 32.3 Å². The largest absolute Gasteiger partial charge is 0.478 e. The number of nitrogens with two attached hydrogens (primary N) is 2. The number of hydrogen-bond acceptors (Lipinski definition) is 12. The first-order valence-corrected chi connectivity index (χ1v) is 20.1. The molecule has 0 spiro atoms. The molecule has 0 bridgehead atoms. The maximum Gasteiger partial charge on any atom is 0.352 e. The second kappa shape index (κ2) is 15.9. The standard InChI is InChI=1S/C38H41N9O7S2/c1-38(2,36(52)53)54-44-30(27-20-56-37(40)43-27)29(48)14-26-33(49)47-31(35(50)51)24(19-55-34(26)47)18-45-13-12-28-23(17-45)15-41-46(28)16-21-8-10-22(11-9-21)32(39)42-25-6-4-3-5-7-25/h8-13,15,17,20,25-26,34H,3-7,14,16,18-19H2,1-2H3,(H5-,39,40,42,43,50,51,52,53)/p+1/b44-30-/t26-,34-/m1/s1. The molecule has 18 heteroatoms. The maximum absolute atomic E-state index is 13.5. The zero-order valence-electron chi connectivity index (χ0n) is 30.8. The van der Waals surface area contributed by atoms with Gasteiger partial charge in [-0.25, -0.2) is 19.1 Å². The number of anilines is 1. The Morgan fingerprint density at radius 2 is 1.86 bits per heavy atom. The van der Waals surface area contributed by atoms with E-state index in [2.05, 4.69) is 15.2 Å². The first-order valence-electron chi connectivity index (χ1n) is 18.2. The number of carbonyl (C=O) groups is 4. The highest BCUT2D eigenvalue weighted by Crippen LogP contribution is 2.45. The molecule has 1 amide bonds. The number of amidine groups is 1. The number of hydrogen-bond donors (Lipinski definition) is 4. The second-order valence-corrected chi connectivity index (χ2v) is 16.6. The number of ketones is 1. The third kappa shape index (κ3) is 8.02. The van der Waals surface area contributed by atoms with Crippen LogP contribution in [0.3, 0.4) is 0 Å². The first-order chi connectivity index (χ1) is 26.8. The third-order valence-electron chi connectivity index (χ3n) is 10.2. The van der Waals surface area contributed by atoms with Gasteiger partial charge >= 0.3 is 11.9 Å². The molecule has 1 saturated heterocycles. The van der Waals surface area contributed by atoms with E-state index in [-0.39, 0.29) is 35.2 Å². The SMILES string of the molecule is CC(C)(O/N=C(\C(=O)C[C@@H]1C(=O)N2C(C(=O)O)=C(C[n+]3ccc4c(cnn4Cc4ccc(C(N)=NC5CCCCC5)cc4)c3)CS[C@H]12)c1csc(N)n1)C(=O)O. The summed E-state index contributed by atoms with van der Waals surface area (Å²) < 4.78 is 3.76. The second-order valence-electron chi connectivity index (χ2n) is 14.6. The number of thiazole rings is 1. The van der Waals surface area contributed by atoms with Crippen molar-refractivity contribution in [3.05, 3.63) is 82.4 Å². The van der Waals surface area contributed by atoms with Gasteiger partial charge in [-0.2, -0.15) is 5.10 Å². The summed E-state index contributed by atoms with van der Waals surface area (Å²) in [6.45, 7) is 3.31. The number of carboxylic acids is 2. The molecule has 7 rings (SSSR count). The minimum atomic E-state index is -1.75. The Morgan fingerprint density at radius 1 is 1.11 bits per heavy atom. The van der Waals surface area contributed by atoms with Crippen LogP contribution in [0, 0.1) is 5.92 Å². The monoisotopic (exact) mass is 800 g/mol. The van der Waals surface area contributed by atoms with Crippen molar-refractivity contribution < 1.29 is 38.8 Å². The Morgan fingerprint density at radius 3 is 2.54 bits per heavy atom. The lowest BCUT2D eigenvalue weighted by Gasteiger charge is -2.49. The predicted molar refractivity (Wildman–Crippen MR) is 210 cm³/mol. The van der Waals surface area contributed by atoms with Crippen molar-refractivity contribution in [1.82, 2.24) is 19.7 Å². The van der Waals surface area contributed by atoms with Gasteiger partial charge in [-0.15, -0.1) is 23.1 Å². The Bertz CT molecular complexity index is 2290. The summed E-state index contributed by atoms with van der Waals surface area (Å²) in [6.07, 6.45) is 11.0. The molecule has 5 heterocycles. The Labute approximate surface area is 329 Å². The molecule has 2 atom stereocenters. The number of β-lactam (4-membered cyclic amide) rings is 1. The van der Waals surface area contributed by atoms with Crippen molar-refractivity contribution in [2.75, 3.05) is 11.5 Å². The Kier molecular flexibility index (Phi) is 10.9. The third-order valence-corrected chi connectivity index (χ3v) is 12.2. The number of amides is 1. The van der Waals surface area contributed by atoms with Crippen LogP contribution >= 0.6 is 23.1 Å². The van der Waals surface area contributed by atoms with E-state index in [1.165, 1.54) is 55.2 Å². The van der Waals surface area contributed by atoms with E-state index in [0.717, 1.165) is 46.2 Å². The molecule has 6 N–H and O–H groups in total. The molecule has 3 aromatic heterocycles. The van der Waals surface area contributed by atoms with Crippen LogP contribution in [-0.4, -0.2) is 87.8 Å². The topological polar surface area (TPSA) is 233 Å². The van der Waals surface area contributed by atoms with Crippen LogP contribution in [0.25, 0.3) is 10.9 Å². The number of rotatable bonds is 14. The molecule has 1 aromatic carbocycles. The molecule has 1 aliphatic carbocycles. The van der Waals surface area contributed by atoms with Gasteiger partial charge in [0, 0.05) is 34.8 Å². The van der Waals surface area contributed by atoms with Crippen molar-refractivity contribution in [3.8, 4) is 0 Å². The fourth-order valence-corrected chi connectivity index (χ4v) is 8.98. The summed E-state index contributed by atoms with van der Waals surface area (Å²) in [6, 6.07) is 10.3. The molecule has 0 unspecified atom stereocenters. The van der Waals surface area contributed by atoms with E-state index >= 15 is 0 Å². The summed E-state index contributed by atoms with van der Waals surface area (Å²) in [5.41, 5.74) is 13.5. The highest BCUT2D eigenvalue weighted by molar-refractivity contribution is 8.00. The normalized spacial score (nSPS) is 19.5. The van der Waals surface area contributed by atoms with Crippen molar-refractivity contribution in [1.29, 1.82) is 0 Å². The van der Waals surface area contributed by atoms with Gasteiger partial charge in [-0.1, -0.05) is 48.7 Å². The average molecular weight is 801 g/mol. The maximum atomic E-state index is 13.5. The van der Waals surface area contributed by atoms with E-state index in [0.29, 0.717) is 29.7 Å².